The van der Waals surface area contributed by atoms with E-state index in [1.165, 1.54) is 0 Å². The van der Waals surface area contributed by atoms with Crippen LogP contribution in [-0.2, 0) is 24.9 Å². The number of aryl methyl sites for hydroxylation is 1. The molecule has 1 amide bonds. The van der Waals surface area contributed by atoms with Gasteiger partial charge in [0, 0.05) is 48.3 Å². The number of fused-ring (bicyclic) bond motifs is 1. The van der Waals surface area contributed by atoms with Crippen LogP contribution in [0.5, 0.6) is 0 Å². The van der Waals surface area contributed by atoms with Crippen LogP contribution in [0, 0.1) is 0 Å². The molecule has 0 saturated carbocycles. The molecule has 0 atom stereocenters. The van der Waals surface area contributed by atoms with E-state index in [4.69, 9.17) is 27.9 Å². The zero-order chi connectivity index (χ0) is 25.2. The number of piperidine rings is 1. The van der Waals surface area contributed by atoms with E-state index in [0.717, 1.165) is 48.2 Å². The Kier molecular flexibility index (Phi) is 7.15. The van der Waals surface area contributed by atoms with Gasteiger partial charge in [0.25, 0.3) is 0 Å². The molecular weight excluding hydrogens is 503 g/mol. The lowest BCUT2D eigenvalue weighted by Gasteiger charge is -2.28. The summed E-state index contributed by atoms with van der Waals surface area (Å²) in [4.78, 5) is 14.8. The Labute approximate surface area is 218 Å². The predicted octanol–water partition coefficient (Wildman–Crippen LogP) is 4.77. The molecule has 188 valence electrons. The predicted molar refractivity (Wildman–Crippen MR) is 139 cm³/mol. The molecule has 11 heteroatoms. The molecule has 3 heterocycles. The number of ether oxygens (including phenoxy) is 1. The van der Waals surface area contributed by atoms with Crippen molar-refractivity contribution in [3.63, 3.8) is 0 Å². The van der Waals surface area contributed by atoms with E-state index in [-0.39, 0.29) is 12.7 Å². The number of aliphatic hydroxyl groups excluding tert-OH is 1. The van der Waals surface area contributed by atoms with Crippen LogP contribution >= 0.6 is 23.2 Å². The standard InChI is InChI=1S/C25H26Cl2N6O3/c1-31-14-23(28-25(35)36-15-16-8-17(26)10-18(27)9-16)22-11-20(2-3-24(22)31)33-13-19(29-30-33)12-32-6-4-21(34)5-7-32/h2-3,8-11,13-14,21,34H,4-7,12,15H2,1H3,(H,28,35). The molecule has 5 rings (SSSR count). The lowest BCUT2D eigenvalue weighted by molar-refractivity contribution is 0.0786. The highest BCUT2D eigenvalue weighted by atomic mass is 35.5. The molecule has 0 spiro atoms. The number of carbonyl (C=O) groups is 1. The van der Waals surface area contributed by atoms with E-state index in [2.05, 4.69) is 20.5 Å². The highest BCUT2D eigenvalue weighted by Gasteiger charge is 2.18. The monoisotopic (exact) mass is 528 g/mol. The number of benzene rings is 2. The molecular formula is C25H26Cl2N6O3. The summed E-state index contributed by atoms with van der Waals surface area (Å²) in [5.41, 5.74) is 3.96. The summed E-state index contributed by atoms with van der Waals surface area (Å²) in [6.45, 7) is 2.43. The van der Waals surface area contributed by atoms with Gasteiger partial charge in [0.05, 0.1) is 34.9 Å². The second-order valence-electron chi connectivity index (χ2n) is 9.00. The van der Waals surface area contributed by atoms with Crippen molar-refractivity contribution in [3.8, 4) is 5.69 Å². The number of nitrogens with one attached hydrogen (secondary N) is 1. The quantitative estimate of drug-likeness (QED) is 0.374. The summed E-state index contributed by atoms with van der Waals surface area (Å²) in [5, 5.41) is 23.0. The van der Waals surface area contributed by atoms with Crippen LogP contribution < -0.4 is 5.32 Å². The Morgan fingerprint density at radius 2 is 1.89 bits per heavy atom. The van der Waals surface area contributed by atoms with E-state index in [1.54, 1.807) is 22.9 Å². The fourth-order valence-corrected chi connectivity index (χ4v) is 4.99. The maximum Gasteiger partial charge on any atom is 0.412 e. The minimum Gasteiger partial charge on any atom is -0.444 e. The number of likely N-dealkylation sites (tertiary alicyclic amines) is 1. The first-order valence-electron chi connectivity index (χ1n) is 11.6. The summed E-state index contributed by atoms with van der Waals surface area (Å²) in [5.74, 6) is 0. The molecule has 1 saturated heterocycles. The zero-order valence-electron chi connectivity index (χ0n) is 19.7. The molecule has 1 aliphatic heterocycles. The summed E-state index contributed by atoms with van der Waals surface area (Å²) in [6, 6.07) is 10.9. The van der Waals surface area contributed by atoms with Gasteiger partial charge < -0.3 is 14.4 Å². The number of carbonyl (C=O) groups excluding carboxylic acids is 1. The van der Waals surface area contributed by atoms with Crippen molar-refractivity contribution >= 4 is 45.9 Å². The highest BCUT2D eigenvalue weighted by Crippen LogP contribution is 2.28. The number of anilines is 1. The fourth-order valence-electron chi connectivity index (χ4n) is 4.41. The zero-order valence-corrected chi connectivity index (χ0v) is 21.2. The van der Waals surface area contributed by atoms with Crippen molar-refractivity contribution in [1.82, 2.24) is 24.5 Å². The van der Waals surface area contributed by atoms with Gasteiger partial charge in [0.15, 0.2) is 0 Å². The molecule has 2 N–H and O–H groups in total. The number of amides is 1. The lowest BCUT2D eigenvalue weighted by Crippen LogP contribution is -2.35. The molecule has 2 aromatic heterocycles. The molecule has 1 aliphatic rings. The minimum absolute atomic E-state index is 0.0415. The SMILES string of the molecule is Cn1cc(NC(=O)OCc2cc(Cl)cc(Cl)c2)c2cc(-n3cc(CN4CCC(O)CC4)nn3)ccc21. The fraction of sp³-hybridized carbons (Fsp3) is 0.320. The van der Waals surface area contributed by atoms with Crippen molar-refractivity contribution in [3.05, 3.63) is 70.1 Å². The van der Waals surface area contributed by atoms with Crippen molar-refractivity contribution < 1.29 is 14.6 Å². The van der Waals surface area contributed by atoms with E-state index in [9.17, 15) is 9.90 Å². The average molecular weight is 529 g/mol. The summed E-state index contributed by atoms with van der Waals surface area (Å²) >= 11 is 12.0. The number of rotatable bonds is 6. The molecule has 0 aliphatic carbocycles. The lowest BCUT2D eigenvalue weighted by atomic mass is 10.1. The van der Waals surface area contributed by atoms with Gasteiger partial charge in [-0.3, -0.25) is 10.2 Å². The van der Waals surface area contributed by atoms with Gasteiger partial charge in [-0.1, -0.05) is 28.4 Å². The van der Waals surface area contributed by atoms with Crippen LogP contribution in [0.3, 0.4) is 0 Å². The van der Waals surface area contributed by atoms with Gasteiger partial charge >= 0.3 is 6.09 Å². The van der Waals surface area contributed by atoms with Crippen LogP contribution in [0.4, 0.5) is 10.5 Å². The molecule has 0 unspecified atom stereocenters. The van der Waals surface area contributed by atoms with Crippen LogP contribution in [-0.4, -0.2) is 54.9 Å². The van der Waals surface area contributed by atoms with Crippen molar-refractivity contribution in [2.45, 2.75) is 32.1 Å². The molecule has 0 radical (unpaired) electrons. The number of aliphatic hydroxyl groups is 1. The second-order valence-corrected chi connectivity index (χ2v) is 9.87. The number of nitrogens with zero attached hydrogens (tertiary/aromatic N) is 5. The maximum absolute atomic E-state index is 12.5. The van der Waals surface area contributed by atoms with Gasteiger partial charge in [-0.05, 0) is 54.8 Å². The van der Waals surface area contributed by atoms with Crippen molar-refractivity contribution in [1.29, 1.82) is 0 Å². The molecule has 4 aromatic rings. The van der Waals surface area contributed by atoms with E-state index < -0.39 is 6.09 Å². The van der Waals surface area contributed by atoms with E-state index >= 15 is 0 Å². The number of hydrogen-bond acceptors (Lipinski definition) is 6. The van der Waals surface area contributed by atoms with Crippen LogP contribution in [0.2, 0.25) is 10.0 Å². The molecule has 0 bridgehead atoms. The van der Waals surface area contributed by atoms with Crippen molar-refractivity contribution in [2.75, 3.05) is 18.4 Å². The normalized spacial score (nSPS) is 14.9. The Morgan fingerprint density at radius 1 is 1.14 bits per heavy atom. The Bertz CT molecular complexity index is 1370. The molecule has 36 heavy (non-hydrogen) atoms. The highest BCUT2D eigenvalue weighted by molar-refractivity contribution is 6.34. The Balaban J connectivity index is 1.29. The van der Waals surface area contributed by atoms with E-state index in [0.29, 0.717) is 27.8 Å². The number of aromatic nitrogens is 4. The topological polar surface area (TPSA) is 97.4 Å². The minimum atomic E-state index is -0.585. The summed E-state index contributed by atoms with van der Waals surface area (Å²) in [6.07, 6.45) is 4.52. The second kappa shape index (κ2) is 10.5. The van der Waals surface area contributed by atoms with Gasteiger partial charge in [0.1, 0.15) is 6.61 Å². The molecule has 9 nitrogen and oxygen atoms in total. The van der Waals surface area contributed by atoms with Crippen LogP contribution in [0.15, 0.2) is 48.8 Å². The third-order valence-electron chi connectivity index (χ3n) is 6.25. The summed E-state index contributed by atoms with van der Waals surface area (Å²) in [7, 11) is 1.91. The van der Waals surface area contributed by atoms with Crippen LogP contribution in [0.25, 0.3) is 16.6 Å². The van der Waals surface area contributed by atoms with Gasteiger partial charge in [-0.15, -0.1) is 5.10 Å². The maximum atomic E-state index is 12.5. The summed E-state index contributed by atoms with van der Waals surface area (Å²) < 4.78 is 9.03. The molecule has 1 fully saturated rings. The van der Waals surface area contributed by atoms with Gasteiger partial charge in [0.2, 0.25) is 0 Å². The first kappa shape index (κ1) is 24.6. The van der Waals surface area contributed by atoms with E-state index in [1.807, 2.05) is 42.2 Å². The molecule has 2 aromatic carbocycles. The Hall–Kier alpha value is -3.11. The largest absolute Gasteiger partial charge is 0.444 e. The Morgan fingerprint density at radius 3 is 2.64 bits per heavy atom. The number of halogens is 2. The third kappa shape index (κ3) is 5.65. The smallest absolute Gasteiger partial charge is 0.412 e. The third-order valence-corrected chi connectivity index (χ3v) is 6.69. The van der Waals surface area contributed by atoms with Crippen molar-refractivity contribution in [2.24, 2.45) is 7.05 Å². The van der Waals surface area contributed by atoms with Gasteiger partial charge in [-0.25, -0.2) is 9.48 Å². The first-order valence-corrected chi connectivity index (χ1v) is 12.4. The number of hydrogen-bond donors (Lipinski definition) is 2. The van der Waals surface area contributed by atoms with Gasteiger partial charge in [-0.2, -0.15) is 0 Å². The average Bonchev–Trinajstić information content (AvgIpc) is 3.43. The first-order chi connectivity index (χ1) is 17.3. The van der Waals surface area contributed by atoms with Crippen LogP contribution in [0.1, 0.15) is 24.1 Å².